The zero-order valence-corrected chi connectivity index (χ0v) is 10.9. The summed E-state index contributed by atoms with van der Waals surface area (Å²) < 4.78 is 75.6. The molecule has 1 nitrogen and oxygen atoms in total. The van der Waals surface area contributed by atoms with Crippen molar-refractivity contribution >= 4 is 12.4 Å². The lowest BCUT2D eigenvalue weighted by molar-refractivity contribution is -0.143. The summed E-state index contributed by atoms with van der Waals surface area (Å²) in [4.78, 5) is 0. The summed E-state index contributed by atoms with van der Waals surface area (Å²) in [7, 11) is 0. The van der Waals surface area contributed by atoms with E-state index < -0.39 is 29.5 Å². The molecule has 0 heterocycles. The Morgan fingerprint density at radius 1 is 0.900 bits per heavy atom. The van der Waals surface area contributed by atoms with Crippen LogP contribution < -0.4 is 5.73 Å². The first-order valence-corrected chi connectivity index (χ1v) is 5.64. The van der Waals surface area contributed by atoms with Gasteiger partial charge in [0.25, 0.3) is 0 Å². The molecule has 0 saturated heterocycles. The molecule has 2 rings (SSSR count). The van der Waals surface area contributed by atoms with Crippen LogP contribution >= 0.6 is 12.4 Å². The smallest absolute Gasteiger partial charge is 0.324 e. The minimum absolute atomic E-state index is 0. The predicted octanol–water partition coefficient (Wildman–Crippen LogP) is 4.56. The molecule has 1 fully saturated rings. The van der Waals surface area contributed by atoms with Crippen molar-refractivity contribution in [1.82, 2.24) is 0 Å². The summed E-state index contributed by atoms with van der Waals surface area (Å²) in [6, 6.07) is 0.753. The number of halogens is 7. The standard InChI is InChI=1S/C12H11F6N.ClH/c13-11(14,15)8-3-7(10(19)6-1-2-6)4-9(5-8)12(16,17)18;/h3-6,10H,1-2,19H2;1H/t10-;/m1./s1. The molecule has 8 heteroatoms. The number of benzene rings is 1. The minimum atomic E-state index is -4.82. The van der Waals surface area contributed by atoms with Crippen LogP contribution in [0.1, 0.15) is 35.6 Å². The third kappa shape index (κ3) is 3.79. The molecular weight excluding hydrogens is 308 g/mol. The Kier molecular flexibility index (Phi) is 4.65. The maximum atomic E-state index is 12.6. The van der Waals surface area contributed by atoms with Crippen molar-refractivity contribution in [3.8, 4) is 0 Å². The molecule has 1 saturated carbocycles. The van der Waals surface area contributed by atoms with Crippen LogP contribution in [0.3, 0.4) is 0 Å². The van der Waals surface area contributed by atoms with E-state index in [9.17, 15) is 26.3 Å². The fourth-order valence-corrected chi connectivity index (χ4v) is 1.90. The van der Waals surface area contributed by atoms with Crippen LogP contribution in [0.4, 0.5) is 26.3 Å². The molecule has 1 aliphatic carbocycles. The molecule has 0 radical (unpaired) electrons. The number of hydrogen-bond donors (Lipinski definition) is 1. The van der Waals surface area contributed by atoms with Crippen LogP contribution in [-0.2, 0) is 12.4 Å². The lowest BCUT2D eigenvalue weighted by Gasteiger charge is -2.17. The topological polar surface area (TPSA) is 26.0 Å². The Hall–Kier alpha value is -0.950. The second-order valence-electron chi connectivity index (χ2n) is 4.70. The van der Waals surface area contributed by atoms with E-state index in [2.05, 4.69) is 0 Å². The van der Waals surface area contributed by atoms with Crippen molar-refractivity contribution in [3.05, 3.63) is 34.9 Å². The van der Waals surface area contributed by atoms with E-state index in [4.69, 9.17) is 5.73 Å². The molecule has 20 heavy (non-hydrogen) atoms. The van der Waals surface area contributed by atoms with E-state index in [1.807, 2.05) is 0 Å². The van der Waals surface area contributed by atoms with Gasteiger partial charge in [-0.05, 0) is 42.5 Å². The van der Waals surface area contributed by atoms with Gasteiger partial charge in [-0.15, -0.1) is 12.4 Å². The van der Waals surface area contributed by atoms with Crippen molar-refractivity contribution in [3.63, 3.8) is 0 Å². The van der Waals surface area contributed by atoms with Crippen molar-refractivity contribution in [2.24, 2.45) is 11.7 Å². The average Bonchev–Trinajstić information content (AvgIpc) is 3.09. The third-order valence-electron chi connectivity index (χ3n) is 3.12. The molecule has 1 aromatic rings. The van der Waals surface area contributed by atoms with E-state index in [0.717, 1.165) is 12.8 Å². The lowest BCUT2D eigenvalue weighted by atomic mass is 9.97. The van der Waals surface area contributed by atoms with E-state index >= 15 is 0 Å². The Bertz CT molecular complexity index is 446. The van der Waals surface area contributed by atoms with Gasteiger partial charge in [0.05, 0.1) is 11.1 Å². The number of nitrogens with two attached hydrogens (primary N) is 1. The van der Waals surface area contributed by atoms with Gasteiger partial charge in [-0.25, -0.2) is 0 Å². The lowest BCUT2D eigenvalue weighted by Crippen LogP contribution is -2.17. The van der Waals surface area contributed by atoms with Gasteiger partial charge in [0, 0.05) is 6.04 Å². The highest BCUT2D eigenvalue weighted by Crippen LogP contribution is 2.42. The van der Waals surface area contributed by atoms with Gasteiger partial charge in [-0.1, -0.05) is 0 Å². The summed E-state index contributed by atoms with van der Waals surface area (Å²) in [5.41, 5.74) is 2.96. The maximum absolute atomic E-state index is 12.6. The highest BCUT2D eigenvalue weighted by Gasteiger charge is 2.38. The van der Waals surface area contributed by atoms with Crippen molar-refractivity contribution in [2.75, 3.05) is 0 Å². The average molecular weight is 320 g/mol. The molecular formula is C12H12ClF6N. The molecule has 0 aromatic heterocycles. The van der Waals surface area contributed by atoms with Crippen LogP contribution in [0.5, 0.6) is 0 Å². The normalized spacial score (nSPS) is 17.6. The molecule has 0 bridgehead atoms. The molecule has 0 amide bonds. The zero-order chi connectivity index (χ0) is 14.4. The number of hydrogen-bond acceptors (Lipinski definition) is 1. The highest BCUT2D eigenvalue weighted by atomic mass is 35.5. The second kappa shape index (κ2) is 5.44. The minimum Gasteiger partial charge on any atom is -0.324 e. The Labute approximate surface area is 117 Å². The van der Waals surface area contributed by atoms with Gasteiger partial charge >= 0.3 is 12.4 Å². The van der Waals surface area contributed by atoms with Gasteiger partial charge in [0.15, 0.2) is 0 Å². The summed E-state index contributed by atoms with van der Waals surface area (Å²) in [6.45, 7) is 0. The first-order chi connectivity index (χ1) is 8.59. The molecule has 2 N–H and O–H groups in total. The van der Waals surface area contributed by atoms with Gasteiger partial charge < -0.3 is 5.73 Å². The summed E-state index contributed by atoms with van der Waals surface area (Å²) in [5.74, 6) is -0.0235. The zero-order valence-electron chi connectivity index (χ0n) is 10.1. The fourth-order valence-electron chi connectivity index (χ4n) is 1.90. The van der Waals surface area contributed by atoms with E-state index in [1.165, 1.54) is 0 Å². The van der Waals surface area contributed by atoms with Gasteiger partial charge in [0.1, 0.15) is 0 Å². The second-order valence-corrected chi connectivity index (χ2v) is 4.70. The van der Waals surface area contributed by atoms with Crippen molar-refractivity contribution in [1.29, 1.82) is 0 Å². The van der Waals surface area contributed by atoms with Gasteiger partial charge in [0.2, 0.25) is 0 Å². The molecule has 1 atom stereocenters. The Morgan fingerprint density at radius 3 is 1.60 bits per heavy atom. The molecule has 0 spiro atoms. The molecule has 1 aromatic carbocycles. The van der Waals surface area contributed by atoms with Crippen molar-refractivity contribution < 1.29 is 26.3 Å². The maximum Gasteiger partial charge on any atom is 0.416 e. The molecule has 0 aliphatic heterocycles. The van der Waals surface area contributed by atoms with Crippen LogP contribution in [0, 0.1) is 5.92 Å². The predicted molar refractivity (Wildman–Crippen MR) is 63.3 cm³/mol. The third-order valence-corrected chi connectivity index (χ3v) is 3.12. The summed E-state index contributed by atoms with van der Waals surface area (Å²) in [5, 5.41) is 0. The molecule has 114 valence electrons. The summed E-state index contributed by atoms with van der Waals surface area (Å²) in [6.07, 6.45) is -8.17. The Morgan fingerprint density at radius 2 is 1.30 bits per heavy atom. The van der Waals surface area contributed by atoms with Crippen LogP contribution in [-0.4, -0.2) is 0 Å². The number of alkyl halides is 6. The summed E-state index contributed by atoms with van der Waals surface area (Å²) >= 11 is 0. The van der Waals surface area contributed by atoms with E-state index in [0.29, 0.717) is 12.1 Å². The fraction of sp³-hybridized carbons (Fsp3) is 0.500. The number of rotatable bonds is 2. The van der Waals surface area contributed by atoms with Crippen molar-refractivity contribution in [2.45, 2.75) is 31.2 Å². The van der Waals surface area contributed by atoms with Gasteiger partial charge in [-0.2, -0.15) is 26.3 Å². The molecule has 1 aliphatic rings. The van der Waals surface area contributed by atoms with Crippen LogP contribution in [0.15, 0.2) is 18.2 Å². The van der Waals surface area contributed by atoms with E-state index in [-0.39, 0.29) is 30.0 Å². The van der Waals surface area contributed by atoms with Gasteiger partial charge in [-0.3, -0.25) is 0 Å². The molecule has 0 unspecified atom stereocenters. The van der Waals surface area contributed by atoms with E-state index in [1.54, 1.807) is 0 Å². The SMILES string of the molecule is Cl.N[C@@H](c1cc(C(F)(F)F)cc(C(F)(F)F)c1)C1CC1. The first kappa shape index (κ1) is 17.1. The highest BCUT2D eigenvalue weighted by molar-refractivity contribution is 5.85. The van der Waals surface area contributed by atoms with Crippen LogP contribution in [0.25, 0.3) is 0 Å². The monoisotopic (exact) mass is 319 g/mol. The Balaban J connectivity index is 0.00000200. The van der Waals surface area contributed by atoms with Crippen LogP contribution in [0.2, 0.25) is 0 Å². The quantitative estimate of drug-likeness (QED) is 0.795. The largest absolute Gasteiger partial charge is 0.416 e. The first-order valence-electron chi connectivity index (χ1n) is 5.64.